The normalized spacial score (nSPS) is 12.7. The van der Waals surface area contributed by atoms with Crippen LogP contribution >= 0.6 is 34.7 Å². The van der Waals surface area contributed by atoms with E-state index in [0.29, 0.717) is 16.5 Å². The molecular formula is C10H9Cl2N3S. The van der Waals surface area contributed by atoms with Gasteiger partial charge in [-0.05, 0) is 41.7 Å². The van der Waals surface area contributed by atoms with Gasteiger partial charge in [-0.25, -0.2) is 0 Å². The lowest BCUT2D eigenvalue weighted by molar-refractivity contribution is 0.734. The Morgan fingerprint density at radius 3 is 2.88 bits per heavy atom. The summed E-state index contributed by atoms with van der Waals surface area (Å²) in [5, 5.41) is 5.09. The van der Waals surface area contributed by atoms with Crippen LogP contribution in [0.15, 0.2) is 24.4 Å². The number of benzene rings is 1. The van der Waals surface area contributed by atoms with Gasteiger partial charge in [0.25, 0.3) is 0 Å². The Morgan fingerprint density at radius 2 is 2.19 bits per heavy atom. The fourth-order valence-electron chi connectivity index (χ4n) is 1.38. The molecule has 1 heterocycles. The van der Waals surface area contributed by atoms with Gasteiger partial charge in [0.05, 0.1) is 11.1 Å². The van der Waals surface area contributed by atoms with Crippen LogP contribution in [0.5, 0.6) is 0 Å². The summed E-state index contributed by atoms with van der Waals surface area (Å²) >= 11 is 13.3. The molecule has 84 valence electrons. The van der Waals surface area contributed by atoms with Crippen molar-refractivity contribution in [1.82, 2.24) is 9.59 Å². The van der Waals surface area contributed by atoms with Crippen LogP contribution < -0.4 is 5.73 Å². The van der Waals surface area contributed by atoms with Crippen LogP contribution in [0.25, 0.3) is 0 Å². The number of hydrogen-bond donors (Lipinski definition) is 1. The average Bonchev–Trinajstić information content (AvgIpc) is 2.76. The number of hydrogen-bond acceptors (Lipinski definition) is 4. The maximum atomic E-state index is 6.06. The molecular weight excluding hydrogens is 265 g/mol. The number of halogens is 2. The minimum atomic E-state index is -0.143. The van der Waals surface area contributed by atoms with Crippen molar-refractivity contribution in [3.8, 4) is 0 Å². The fourth-order valence-corrected chi connectivity index (χ4v) is 2.27. The van der Waals surface area contributed by atoms with E-state index in [9.17, 15) is 0 Å². The Kier molecular flexibility index (Phi) is 3.76. The molecule has 1 aromatic carbocycles. The molecule has 0 fully saturated rings. The summed E-state index contributed by atoms with van der Waals surface area (Å²) in [7, 11) is 0. The highest BCUT2D eigenvalue weighted by Gasteiger charge is 2.12. The molecule has 6 heteroatoms. The number of nitrogens with zero attached hydrogens (tertiary/aromatic N) is 2. The first-order chi connectivity index (χ1) is 7.66. The molecule has 0 aliphatic carbocycles. The second-order valence-corrected chi connectivity index (χ2v) is 5.03. The predicted octanol–water partition coefficient (Wildman–Crippen LogP) is 3.09. The molecule has 2 aromatic rings. The molecule has 0 aliphatic rings. The Bertz CT molecular complexity index is 473. The van der Waals surface area contributed by atoms with E-state index in [-0.39, 0.29) is 6.04 Å². The lowest BCUT2D eigenvalue weighted by atomic mass is 10.1. The molecule has 0 saturated carbocycles. The molecule has 2 N–H and O–H groups in total. The van der Waals surface area contributed by atoms with Gasteiger partial charge < -0.3 is 5.73 Å². The average molecular weight is 274 g/mol. The fraction of sp³-hybridized carbons (Fsp3) is 0.200. The SMILES string of the molecule is NC(Cc1cc(Cl)ccc1Cl)c1cnns1. The van der Waals surface area contributed by atoms with Gasteiger partial charge in [0.15, 0.2) is 0 Å². The molecule has 3 nitrogen and oxygen atoms in total. The molecule has 0 aliphatic heterocycles. The lowest BCUT2D eigenvalue weighted by Crippen LogP contribution is -2.12. The quantitative estimate of drug-likeness (QED) is 0.935. The standard InChI is InChI=1S/C10H9Cl2N3S/c11-7-1-2-8(12)6(3-7)4-9(13)10-5-14-15-16-10/h1-3,5,9H,4,13H2. The molecule has 0 saturated heterocycles. The van der Waals surface area contributed by atoms with Gasteiger partial charge in [-0.1, -0.05) is 27.7 Å². The summed E-state index contributed by atoms with van der Waals surface area (Å²) in [6.45, 7) is 0. The lowest BCUT2D eigenvalue weighted by Gasteiger charge is -2.10. The van der Waals surface area contributed by atoms with Crippen LogP contribution in [0.3, 0.4) is 0 Å². The van der Waals surface area contributed by atoms with Crippen LogP contribution in [0.1, 0.15) is 16.5 Å². The third-order valence-corrected chi connectivity index (χ3v) is 3.59. The third kappa shape index (κ3) is 2.71. The molecule has 0 amide bonds. The second kappa shape index (κ2) is 5.10. The van der Waals surface area contributed by atoms with Gasteiger partial charge in [-0.2, -0.15) is 0 Å². The van der Waals surface area contributed by atoms with Gasteiger partial charge in [0.1, 0.15) is 0 Å². The van der Waals surface area contributed by atoms with Crippen molar-refractivity contribution in [1.29, 1.82) is 0 Å². The van der Waals surface area contributed by atoms with E-state index in [1.165, 1.54) is 11.5 Å². The van der Waals surface area contributed by atoms with Crippen molar-refractivity contribution in [2.75, 3.05) is 0 Å². The van der Waals surface area contributed by atoms with E-state index < -0.39 is 0 Å². The van der Waals surface area contributed by atoms with Crippen molar-refractivity contribution >= 4 is 34.7 Å². The number of aromatic nitrogens is 2. The third-order valence-electron chi connectivity index (χ3n) is 2.19. The van der Waals surface area contributed by atoms with Gasteiger partial charge in [-0.3, -0.25) is 0 Å². The Balaban J connectivity index is 2.17. The van der Waals surface area contributed by atoms with Crippen molar-refractivity contribution in [3.05, 3.63) is 44.9 Å². The van der Waals surface area contributed by atoms with Crippen LogP contribution in [-0.2, 0) is 6.42 Å². The predicted molar refractivity (Wildman–Crippen MR) is 67.0 cm³/mol. The number of rotatable bonds is 3. The first-order valence-corrected chi connectivity index (χ1v) is 6.16. The van der Waals surface area contributed by atoms with E-state index in [1.54, 1.807) is 18.3 Å². The first kappa shape index (κ1) is 11.8. The highest BCUT2D eigenvalue weighted by molar-refractivity contribution is 7.05. The summed E-state index contributed by atoms with van der Waals surface area (Å²) in [6.07, 6.45) is 2.30. The van der Waals surface area contributed by atoms with Crippen LogP contribution in [0, 0.1) is 0 Å². The molecule has 1 aromatic heterocycles. The summed E-state index contributed by atoms with van der Waals surface area (Å²) in [4.78, 5) is 0.941. The number of nitrogens with two attached hydrogens (primary N) is 1. The van der Waals surface area contributed by atoms with E-state index >= 15 is 0 Å². The van der Waals surface area contributed by atoms with E-state index in [4.69, 9.17) is 28.9 Å². The zero-order chi connectivity index (χ0) is 11.5. The summed E-state index contributed by atoms with van der Waals surface area (Å²) in [5.74, 6) is 0. The molecule has 1 atom stereocenters. The molecule has 16 heavy (non-hydrogen) atoms. The molecule has 1 unspecified atom stereocenters. The van der Waals surface area contributed by atoms with Gasteiger partial charge in [-0.15, -0.1) is 5.10 Å². The Hall–Kier alpha value is -0.680. The molecule has 0 bridgehead atoms. The van der Waals surface area contributed by atoms with Crippen LogP contribution in [0.2, 0.25) is 10.0 Å². The highest BCUT2D eigenvalue weighted by atomic mass is 35.5. The zero-order valence-corrected chi connectivity index (χ0v) is 10.6. The van der Waals surface area contributed by atoms with Crippen molar-refractivity contribution in [2.24, 2.45) is 5.73 Å². The van der Waals surface area contributed by atoms with E-state index in [0.717, 1.165) is 10.4 Å². The van der Waals surface area contributed by atoms with Gasteiger partial charge >= 0.3 is 0 Å². The Morgan fingerprint density at radius 1 is 1.38 bits per heavy atom. The topological polar surface area (TPSA) is 51.8 Å². The zero-order valence-electron chi connectivity index (χ0n) is 8.23. The van der Waals surface area contributed by atoms with Crippen LogP contribution in [0.4, 0.5) is 0 Å². The monoisotopic (exact) mass is 273 g/mol. The first-order valence-electron chi connectivity index (χ1n) is 4.63. The van der Waals surface area contributed by atoms with Gasteiger partial charge in [0, 0.05) is 16.1 Å². The highest BCUT2D eigenvalue weighted by Crippen LogP contribution is 2.25. The van der Waals surface area contributed by atoms with Crippen molar-refractivity contribution in [3.63, 3.8) is 0 Å². The maximum Gasteiger partial charge on any atom is 0.0669 e. The van der Waals surface area contributed by atoms with Crippen molar-refractivity contribution in [2.45, 2.75) is 12.5 Å². The summed E-state index contributed by atoms with van der Waals surface area (Å²) in [6, 6.07) is 5.22. The van der Waals surface area contributed by atoms with E-state index in [1.807, 2.05) is 6.07 Å². The largest absolute Gasteiger partial charge is 0.323 e. The molecule has 0 spiro atoms. The maximum absolute atomic E-state index is 6.06. The Labute approximate surface area is 107 Å². The van der Waals surface area contributed by atoms with E-state index in [2.05, 4.69) is 9.59 Å². The minimum absolute atomic E-state index is 0.143. The minimum Gasteiger partial charge on any atom is -0.323 e. The summed E-state index contributed by atoms with van der Waals surface area (Å²) in [5.41, 5.74) is 6.96. The molecule has 2 rings (SSSR count). The van der Waals surface area contributed by atoms with Crippen molar-refractivity contribution < 1.29 is 0 Å². The van der Waals surface area contributed by atoms with Crippen LogP contribution in [-0.4, -0.2) is 9.59 Å². The molecule has 0 radical (unpaired) electrons. The smallest absolute Gasteiger partial charge is 0.0669 e. The van der Waals surface area contributed by atoms with Gasteiger partial charge in [0.2, 0.25) is 0 Å². The second-order valence-electron chi connectivity index (χ2n) is 3.37. The summed E-state index contributed by atoms with van der Waals surface area (Å²) < 4.78 is 3.78.